The number of hydrogen-bond acceptors (Lipinski definition) is 4. The number of aliphatic carboxylic acids is 1. The average Bonchev–Trinajstić information content (AvgIpc) is 2.32. The van der Waals surface area contributed by atoms with Crippen molar-refractivity contribution in [3.63, 3.8) is 0 Å². The zero-order valence-corrected chi connectivity index (χ0v) is 13.4. The largest absolute Gasteiger partial charge is 0.481 e. The first kappa shape index (κ1) is 17.2. The molecule has 0 radical (unpaired) electrons. The number of anilines is 1. The van der Waals surface area contributed by atoms with Crippen LogP contribution < -0.4 is 11.1 Å². The van der Waals surface area contributed by atoms with Crippen LogP contribution in [0, 0.1) is 5.82 Å². The Labute approximate surface area is 133 Å². The molecule has 1 saturated carbocycles. The van der Waals surface area contributed by atoms with Crippen LogP contribution in [0.4, 0.5) is 14.9 Å². The van der Waals surface area contributed by atoms with Crippen LogP contribution in [0.3, 0.4) is 0 Å². The number of carboxylic acid groups (broad SMARTS) is 1. The van der Waals surface area contributed by atoms with E-state index in [-0.39, 0.29) is 30.1 Å². The normalized spacial score (nSPS) is 23.8. The van der Waals surface area contributed by atoms with Gasteiger partial charge in [-0.1, -0.05) is 6.07 Å². The summed E-state index contributed by atoms with van der Waals surface area (Å²) in [6.07, 6.45) is -0.320. The minimum atomic E-state index is -1.28. The minimum absolute atomic E-state index is 0.0847. The summed E-state index contributed by atoms with van der Waals surface area (Å²) < 4.78 is 19.4. The number of carboxylic acids is 1. The van der Waals surface area contributed by atoms with E-state index in [1.165, 1.54) is 12.1 Å². The summed E-state index contributed by atoms with van der Waals surface area (Å²) >= 11 is 0. The van der Waals surface area contributed by atoms with Crippen LogP contribution in [-0.4, -0.2) is 28.8 Å². The molecule has 7 heteroatoms. The van der Waals surface area contributed by atoms with Crippen molar-refractivity contribution < 1.29 is 23.8 Å². The number of rotatable bonds is 3. The molecule has 0 aliphatic heterocycles. The van der Waals surface area contributed by atoms with Gasteiger partial charge in [0.1, 0.15) is 11.4 Å². The van der Waals surface area contributed by atoms with Crippen LogP contribution >= 0.6 is 0 Å². The van der Waals surface area contributed by atoms with Crippen molar-refractivity contribution in [3.05, 3.63) is 29.6 Å². The molecule has 0 saturated heterocycles. The van der Waals surface area contributed by atoms with Crippen LogP contribution in [0.2, 0.25) is 0 Å². The van der Waals surface area contributed by atoms with Gasteiger partial charge in [-0.2, -0.15) is 0 Å². The smallest absolute Gasteiger partial charge is 0.412 e. The van der Waals surface area contributed by atoms with E-state index in [2.05, 4.69) is 5.32 Å². The first-order valence-electron chi connectivity index (χ1n) is 7.32. The maximum absolute atomic E-state index is 14.3. The molecule has 0 aromatic heterocycles. The lowest BCUT2D eigenvalue weighted by Crippen LogP contribution is -2.54. The summed E-state index contributed by atoms with van der Waals surface area (Å²) in [5.74, 6) is -1.78. The number of carbonyl (C=O) groups excluding carboxylic acids is 1. The molecule has 2 rings (SSSR count). The maximum atomic E-state index is 14.3. The van der Waals surface area contributed by atoms with E-state index >= 15 is 0 Å². The fourth-order valence-electron chi connectivity index (χ4n) is 2.75. The molecule has 1 aromatic carbocycles. The predicted octanol–water partition coefficient (Wildman–Crippen LogP) is 2.62. The molecule has 1 aliphatic rings. The SMILES string of the molecule is CC(C)(C)OC(=O)Nc1ccc(C2(C(=O)O)CC(N)C2)c(F)c1. The summed E-state index contributed by atoms with van der Waals surface area (Å²) in [7, 11) is 0. The van der Waals surface area contributed by atoms with Crippen molar-refractivity contribution in [2.75, 3.05) is 5.32 Å². The molecular weight excluding hydrogens is 303 g/mol. The van der Waals surface area contributed by atoms with Crippen LogP contribution in [0.5, 0.6) is 0 Å². The van der Waals surface area contributed by atoms with Crippen LogP contribution in [0.1, 0.15) is 39.2 Å². The van der Waals surface area contributed by atoms with Crippen molar-refractivity contribution in [1.82, 2.24) is 0 Å². The van der Waals surface area contributed by atoms with Gasteiger partial charge in [0.05, 0.1) is 5.41 Å². The van der Waals surface area contributed by atoms with Gasteiger partial charge in [-0.15, -0.1) is 0 Å². The fourth-order valence-corrected chi connectivity index (χ4v) is 2.75. The zero-order chi connectivity index (χ0) is 17.4. The molecule has 0 bridgehead atoms. The topological polar surface area (TPSA) is 102 Å². The highest BCUT2D eigenvalue weighted by molar-refractivity contribution is 5.86. The molecule has 0 unspecified atom stereocenters. The van der Waals surface area contributed by atoms with Crippen LogP contribution in [0.15, 0.2) is 18.2 Å². The van der Waals surface area contributed by atoms with Crippen molar-refractivity contribution in [3.8, 4) is 0 Å². The number of benzene rings is 1. The second-order valence-electron chi connectivity index (χ2n) is 6.88. The summed E-state index contributed by atoms with van der Waals surface area (Å²) in [6, 6.07) is 3.68. The average molecular weight is 324 g/mol. The molecule has 0 atom stereocenters. The second-order valence-corrected chi connectivity index (χ2v) is 6.88. The first-order valence-corrected chi connectivity index (χ1v) is 7.32. The third-order valence-electron chi connectivity index (χ3n) is 3.76. The molecule has 0 heterocycles. The Morgan fingerprint density at radius 1 is 1.39 bits per heavy atom. The molecule has 126 valence electrons. The van der Waals surface area contributed by atoms with Crippen LogP contribution in [0.25, 0.3) is 0 Å². The van der Waals surface area contributed by atoms with E-state index < -0.39 is 28.9 Å². The Bertz CT molecular complexity index is 633. The summed E-state index contributed by atoms with van der Waals surface area (Å²) in [5.41, 5.74) is 4.01. The maximum Gasteiger partial charge on any atom is 0.412 e. The van der Waals surface area contributed by atoms with E-state index in [0.717, 1.165) is 6.07 Å². The Hall–Kier alpha value is -2.15. The van der Waals surface area contributed by atoms with Gasteiger partial charge in [-0.25, -0.2) is 9.18 Å². The van der Waals surface area contributed by atoms with Gasteiger partial charge in [-0.05, 0) is 45.7 Å². The first-order chi connectivity index (χ1) is 10.5. The van der Waals surface area contributed by atoms with E-state index in [9.17, 15) is 19.1 Å². The molecule has 1 aromatic rings. The monoisotopic (exact) mass is 324 g/mol. The van der Waals surface area contributed by atoms with Crippen molar-refractivity contribution in [1.29, 1.82) is 0 Å². The number of hydrogen-bond donors (Lipinski definition) is 3. The van der Waals surface area contributed by atoms with Crippen molar-refractivity contribution >= 4 is 17.7 Å². The Morgan fingerprint density at radius 2 is 2.00 bits per heavy atom. The van der Waals surface area contributed by atoms with Crippen molar-refractivity contribution in [2.24, 2.45) is 5.73 Å². The van der Waals surface area contributed by atoms with E-state index in [1.54, 1.807) is 20.8 Å². The standard InChI is InChI=1S/C16H21FN2O4/c1-15(2,3)23-14(22)19-10-4-5-11(12(17)6-10)16(13(20)21)7-9(18)8-16/h4-6,9H,7-8,18H2,1-3H3,(H,19,22)(H,20,21). The molecule has 6 nitrogen and oxygen atoms in total. The fraction of sp³-hybridized carbons (Fsp3) is 0.500. The Kier molecular flexibility index (Phi) is 4.34. The van der Waals surface area contributed by atoms with Gasteiger partial charge in [-0.3, -0.25) is 10.1 Å². The lowest BCUT2D eigenvalue weighted by atomic mass is 9.61. The van der Waals surface area contributed by atoms with E-state index in [1.807, 2.05) is 0 Å². The van der Waals surface area contributed by atoms with Gasteiger partial charge in [0, 0.05) is 17.3 Å². The highest BCUT2D eigenvalue weighted by atomic mass is 19.1. The Balaban J connectivity index is 2.18. The summed E-state index contributed by atoms with van der Waals surface area (Å²) in [4.78, 5) is 23.2. The summed E-state index contributed by atoms with van der Waals surface area (Å²) in [6.45, 7) is 5.14. The van der Waals surface area contributed by atoms with E-state index in [0.29, 0.717) is 0 Å². The van der Waals surface area contributed by atoms with Gasteiger partial charge in [0.2, 0.25) is 0 Å². The number of nitrogens with two attached hydrogens (primary N) is 1. The molecular formula is C16H21FN2O4. The van der Waals surface area contributed by atoms with Gasteiger partial charge in [0.15, 0.2) is 0 Å². The third kappa shape index (κ3) is 3.61. The third-order valence-corrected chi connectivity index (χ3v) is 3.76. The second kappa shape index (κ2) is 5.81. The lowest BCUT2D eigenvalue weighted by molar-refractivity contribution is -0.148. The molecule has 23 heavy (non-hydrogen) atoms. The number of amides is 1. The predicted molar refractivity (Wildman–Crippen MR) is 82.8 cm³/mol. The molecule has 1 amide bonds. The number of nitrogens with one attached hydrogen (secondary N) is 1. The molecule has 1 aliphatic carbocycles. The lowest BCUT2D eigenvalue weighted by Gasteiger charge is -2.43. The van der Waals surface area contributed by atoms with Crippen molar-refractivity contribution in [2.45, 2.75) is 50.7 Å². The van der Waals surface area contributed by atoms with Crippen LogP contribution in [-0.2, 0) is 14.9 Å². The van der Waals surface area contributed by atoms with Gasteiger partial charge < -0.3 is 15.6 Å². The minimum Gasteiger partial charge on any atom is -0.481 e. The number of carbonyl (C=O) groups is 2. The quantitative estimate of drug-likeness (QED) is 0.793. The number of ether oxygens (including phenoxy) is 1. The highest BCUT2D eigenvalue weighted by Gasteiger charge is 2.51. The summed E-state index contributed by atoms with van der Waals surface area (Å²) in [5, 5.41) is 11.8. The molecule has 1 fully saturated rings. The number of halogens is 1. The Morgan fingerprint density at radius 3 is 2.43 bits per heavy atom. The van der Waals surface area contributed by atoms with Gasteiger partial charge in [0.25, 0.3) is 0 Å². The zero-order valence-electron chi connectivity index (χ0n) is 13.4. The molecule has 4 N–H and O–H groups in total. The highest BCUT2D eigenvalue weighted by Crippen LogP contribution is 2.44. The van der Waals surface area contributed by atoms with Gasteiger partial charge >= 0.3 is 12.1 Å². The van der Waals surface area contributed by atoms with E-state index in [4.69, 9.17) is 10.5 Å². The molecule has 0 spiro atoms.